The highest BCUT2D eigenvalue weighted by atomic mass is 19.1. The minimum Gasteiger partial charge on any atom is -0.506 e. The lowest BCUT2D eigenvalue weighted by Gasteiger charge is -2.04. The van der Waals surface area contributed by atoms with Gasteiger partial charge in [0, 0.05) is 12.6 Å². The molecule has 0 saturated carbocycles. The number of rotatable bonds is 1. The topological polar surface area (TPSA) is 64.1 Å². The van der Waals surface area contributed by atoms with Gasteiger partial charge in [0.25, 0.3) is 0 Å². The molecule has 3 N–H and O–H groups in total. The first-order valence-electron chi connectivity index (χ1n) is 5.77. The minimum atomic E-state index is -0.362. The Kier molecular flexibility index (Phi) is 2.41. The van der Waals surface area contributed by atoms with Crippen molar-refractivity contribution in [3.8, 4) is 17.1 Å². The van der Waals surface area contributed by atoms with Crippen LogP contribution in [-0.4, -0.2) is 14.7 Å². The predicted molar refractivity (Wildman–Crippen MR) is 72.2 cm³/mol. The van der Waals surface area contributed by atoms with Crippen LogP contribution in [0.2, 0.25) is 0 Å². The number of aryl methyl sites for hydroxylation is 1. The molecule has 0 aliphatic carbocycles. The molecule has 0 unspecified atom stereocenters. The number of aromatic nitrogens is 2. The van der Waals surface area contributed by atoms with Gasteiger partial charge in [-0.3, -0.25) is 0 Å². The molecule has 19 heavy (non-hydrogen) atoms. The number of aromatic hydroxyl groups is 1. The van der Waals surface area contributed by atoms with Gasteiger partial charge in [0.05, 0.1) is 11.2 Å². The van der Waals surface area contributed by atoms with E-state index < -0.39 is 0 Å². The third kappa shape index (κ3) is 1.71. The highest BCUT2D eigenvalue weighted by Gasteiger charge is 2.13. The number of hydrogen-bond donors (Lipinski definition) is 2. The summed E-state index contributed by atoms with van der Waals surface area (Å²) in [5.41, 5.74) is 7.57. The molecule has 96 valence electrons. The maximum Gasteiger partial charge on any atom is 0.151 e. The van der Waals surface area contributed by atoms with Gasteiger partial charge in [-0.25, -0.2) is 9.37 Å². The summed E-state index contributed by atoms with van der Waals surface area (Å²) in [7, 11) is 1.80. The van der Waals surface area contributed by atoms with E-state index in [1.807, 2.05) is 0 Å². The molecular weight excluding hydrogens is 245 g/mol. The normalized spacial score (nSPS) is 11.1. The Morgan fingerprint density at radius 2 is 2.05 bits per heavy atom. The van der Waals surface area contributed by atoms with Gasteiger partial charge < -0.3 is 15.4 Å². The second-order valence-electron chi connectivity index (χ2n) is 4.38. The Bertz CT molecular complexity index is 780. The standard InChI is InChI=1S/C14H12FN3O/c1-18-11-4-2-3-9(15)13(11)17-14(18)8-5-6-10(16)12(19)7-8/h2-7,19H,16H2,1H3. The number of imidazole rings is 1. The van der Waals surface area contributed by atoms with E-state index in [4.69, 9.17) is 5.73 Å². The van der Waals surface area contributed by atoms with Crippen LogP contribution in [0, 0.1) is 5.82 Å². The Morgan fingerprint density at radius 1 is 1.26 bits per heavy atom. The van der Waals surface area contributed by atoms with Gasteiger partial charge in [0.2, 0.25) is 0 Å². The van der Waals surface area contributed by atoms with E-state index in [0.29, 0.717) is 28.1 Å². The molecule has 3 aromatic rings. The molecule has 0 aliphatic heterocycles. The second-order valence-corrected chi connectivity index (χ2v) is 4.38. The van der Waals surface area contributed by atoms with Gasteiger partial charge in [-0.05, 0) is 30.3 Å². The van der Waals surface area contributed by atoms with Gasteiger partial charge in [-0.2, -0.15) is 0 Å². The van der Waals surface area contributed by atoms with Crippen molar-refractivity contribution in [1.29, 1.82) is 0 Å². The van der Waals surface area contributed by atoms with Crippen LogP contribution in [0.4, 0.5) is 10.1 Å². The van der Waals surface area contributed by atoms with Crippen LogP contribution in [0.15, 0.2) is 36.4 Å². The van der Waals surface area contributed by atoms with Crippen molar-refractivity contribution < 1.29 is 9.50 Å². The van der Waals surface area contributed by atoms with E-state index in [1.54, 1.807) is 35.9 Å². The molecule has 0 atom stereocenters. The van der Waals surface area contributed by atoms with E-state index in [9.17, 15) is 9.50 Å². The number of para-hydroxylation sites is 1. The zero-order chi connectivity index (χ0) is 13.6. The molecule has 3 rings (SSSR count). The van der Waals surface area contributed by atoms with Crippen LogP contribution in [-0.2, 0) is 7.05 Å². The van der Waals surface area contributed by atoms with Crippen LogP contribution in [0.25, 0.3) is 22.4 Å². The van der Waals surface area contributed by atoms with E-state index in [-0.39, 0.29) is 11.6 Å². The lowest BCUT2D eigenvalue weighted by molar-refractivity contribution is 0.478. The monoisotopic (exact) mass is 257 g/mol. The number of fused-ring (bicyclic) bond motifs is 1. The first kappa shape index (κ1) is 11.5. The van der Waals surface area contributed by atoms with Gasteiger partial charge >= 0.3 is 0 Å². The Balaban J connectivity index is 2.28. The summed E-state index contributed by atoms with van der Waals surface area (Å²) >= 11 is 0. The zero-order valence-electron chi connectivity index (χ0n) is 10.3. The Morgan fingerprint density at radius 3 is 2.74 bits per heavy atom. The molecule has 0 fully saturated rings. The molecule has 1 heterocycles. The first-order chi connectivity index (χ1) is 9.08. The number of halogens is 1. The molecule has 1 aromatic heterocycles. The minimum absolute atomic E-state index is 0.00923. The molecule has 0 saturated heterocycles. The SMILES string of the molecule is Cn1c(-c2ccc(N)c(O)c2)nc2c(F)cccc21. The Hall–Kier alpha value is -2.56. The predicted octanol–water partition coefficient (Wildman–Crippen LogP) is 2.67. The van der Waals surface area contributed by atoms with Gasteiger partial charge in [-0.15, -0.1) is 0 Å². The lowest BCUT2D eigenvalue weighted by Crippen LogP contribution is -1.93. The summed E-state index contributed by atoms with van der Waals surface area (Å²) in [6.45, 7) is 0. The summed E-state index contributed by atoms with van der Waals surface area (Å²) < 4.78 is 15.5. The molecule has 4 nitrogen and oxygen atoms in total. The highest BCUT2D eigenvalue weighted by molar-refractivity contribution is 5.81. The van der Waals surface area contributed by atoms with Gasteiger partial charge in [-0.1, -0.05) is 6.07 Å². The number of phenolic OH excluding ortho intramolecular Hbond substituents is 1. The number of anilines is 1. The maximum absolute atomic E-state index is 13.7. The maximum atomic E-state index is 13.7. The average Bonchev–Trinajstić information content (AvgIpc) is 2.72. The summed E-state index contributed by atoms with van der Waals surface area (Å²) in [5.74, 6) is 0.208. The summed E-state index contributed by atoms with van der Waals surface area (Å²) in [6.07, 6.45) is 0. The zero-order valence-corrected chi connectivity index (χ0v) is 10.3. The van der Waals surface area contributed by atoms with Crippen molar-refractivity contribution in [2.45, 2.75) is 0 Å². The molecule has 2 aromatic carbocycles. The van der Waals surface area contributed by atoms with E-state index in [2.05, 4.69) is 4.98 Å². The fourth-order valence-electron chi connectivity index (χ4n) is 2.12. The molecule has 0 spiro atoms. The van der Waals surface area contributed by atoms with Crippen molar-refractivity contribution in [2.24, 2.45) is 7.05 Å². The van der Waals surface area contributed by atoms with Crippen LogP contribution >= 0.6 is 0 Å². The molecular formula is C14H12FN3O. The molecule has 0 radical (unpaired) electrons. The first-order valence-corrected chi connectivity index (χ1v) is 5.77. The lowest BCUT2D eigenvalue weighted by atomic mass is 10.2. The van der Waals surface area contributed by atoms with E-state index in [1.165, 1.54) is 12.1 Å². The van der Waals surface area contributed by atoms with Crippen molar-refractivity contribution in [1.82, 2.24) is 9.55 Å². The molecule has 0 bridgehead atoms. The van der Waals surface area contributed by atoms with Gasteiger partial charge in [0.1, 0.15) is 17.1 Å². The number of phenols is 1. The molecule has 0 amide bonds. The quantitative estimate of drug-likeness (QED) is 0.520. The van der Waals surface area contributed by atoms with Crippen molar-refractivity contribution in [2.75, 3.05) is 5.73 Å². The fraction of sp³-hybridized carbons (Fsp3) is 0.0714. The van der Waals surface area contributed by atoms with Crippen molar-refractivity contribution in [3.63, 3.8) is 0 Å². The van der Waals surface area contributed by atoms with Crippen LogP contribution in [0.1, 0.15) is 0 Å². The second kappa shape index (κ2) is 3.98. The average molecular weight is 257 g/mol. The summed E-state index contributed by atoms with van der Waals surface area (Å²) in [5, 5.41) is 9.65. The van der Waals surface area contributed by atoms with Crippen LogP contribution in [0.5, 0.6) is 5.75 Å². The largest absolute Gasteiger partial charge is 0.506 e. The third-order valence-corrected chi connectivity index (χ3v) is 3.15. The number of nitrogens with zero attached hydrogens (tertiary/aromatic N) is 2. The third-order valence-electron chi connectivity index (χ3n) is 3.15. The van der Waals surface area contributed by atoms with Gasteiger partial charge in [0.15, 0.2) is 5.82 Å². The number of nitrogens with two attached hydrogens (primary N) is 1. The number of benzene rings is 2. The number of hydrogen-bond acceptors (Lipinski definition) is 3. The summed E-state index contributed by atoms with van der Waals surface area (Å²) in [6, 6.07) is 9.68. The number of nitrogen functional groups attached to an aromatic ring is 1. The van der Waals surface area contributed by atoms with Crippen molar-refractivity contribution in [3.05, 3.63) is 42.2 Å². The fourth-order valence-corrected chi connectivity index (χ4v) is 2.12. The smallest absolute Gasteiger partial charge is 0.151 e. The van der Waals surface area contributed by atoms with E-state index >= 15 is 0 Å². The van der Waals surface area contributed by atoms with Crippen LogP contribution < -0.4 is 5.73 Å². The molecule has 5 heteroatoms. The van der Waals surface area contributed by atoms with Crippen LogP contribution in [0.3, 0.4) is 0 Å². The Labute approximate surface area is 108 Å². The van der Waals surface area contributed by atoms with E-state index in [0.717, 1.165) is 0 Å². The highest BCUT2D eigenvalue weighted by Crippen LogP contribution is 2.29. The van der Waals surface area contributed by atoms with Crippen molar-refractivity contribution >= 4 is 16.7 Å². The summed E-state index contributed by atoms with van der Waals surface area (Å²) in [4.78, 5) is 4.29. The molecule has 0 aliphatic rings.